The highest BCUT2D eigenvalue weighted by atomic mass is 32.2. The maximum Gasteiger partial charge on any atom is 0.241 e. The molecule has 0 radical (unpaired) electrons. The largest absolute Gasteiger partial charge is 0.341 e. The van der Waals surface area contributed by atoms with Gasteiger partial charge in [-0.25, -0.2) is 17.8 Å². The number of nitrogens with zero attached hydrogens (tertiary/aromatic N) is 4. The number of aromatic nitrogens is 3. The third kappa shape index (κ3) is 4.10. The van der Waals surface area contributed by atoms with E-state index in [0.29, 0.717) is 18.7 Å². The van der Waals surface area contributed by atoms with Crippen molar-refractivity contribution in [2.24, 2.45) is 0 Å². The van der Waals surface area contributed by atoms with Crippen molar-refractivity contribution in [3.8, 4) is 0 Å². The predicted octanol–water partition coefficient (Wildman–Crippen LogP) is 1.04. The lowest BCUT2D eigenvalue weighted by molar-refractivity contribution is -0.131. The first kappa shape index (κ1) is 18.5. The molecule has 0 spiro atoms. The Bertz CT molecular complexity index is 872. The third-order valence-corrected chi connectivity index (χ3v) is 6.22. The second-order valence-corrected chi connectivity index (χ2v) is 8.32. The molecular formula is C17H23N5O3S. The first-order valence-corrected chi connectivity index (χ1v) is 10.1. The minimum Gasteiger partial charge on any atom is -0.341 e. The molecular weight excluding hydrogens is 354 g/mol. The lowest BCUT2D eigenvalue weighted by Gasteiger charge is -2.31. The number of amides is 1. The smallest absolute Gasteiger partial charge is 0.241 e. The number of sulfonamides is 1. The zero-order valence-corrected chi connectivity index (χ0v) is 15.7. The second-order valence-electron chi connectivity index (χ2n) is 6.59. The summed E-state index contributed by atoms with van der Waals surface area (Å²) in [5, 5.41) is 7.80. The van der Waals surface area contributed by atoms with Gasteiger partial charge in [-0.15, -0.1) is 5.10 Å². The van der Waals surface area contributed by atoms with Gasteiger partial charge in [0, 0.05) is 19.3 Å². The molecule has 0 saturated carbocycles. The molecule has 1 N–H and O–H groups in total. The lowest BCUT2D eigenvalue weighted by Crippen LogP contribution is -2.44. The normalized spacial score (nSPS) is 16.0. The molecule has 1 aliphatic heterocycles. The first-order valence-electron chi connectivity index (χ1n) is 8.57. The van der Waals surface area contributed by atoms with Gasteiger partial charge in [-0.2, -0.15) is 0 Å². The summed E-state index contributed by atoms with van der Waals surface area (Å²) in [6.45, 7) is 4.50. The van der Waals surface area contributed by atoms with E-state index in [2.05, 4.69) is 15.0 Å². The summed E-state index contributed by atoms with van der Waals surface area (Å²) in [5.41, 5.74) is 1.52. The van der Waals surface area contributed by atoms with Gasteiger partial charge >= 0.3 is 0 Å². The second kappa shape index (κ2) is 7.55. The van der Waals surface area contributed by atoms with Gasteiger partial charge in [-0.3, -0.25) is 4.79 Å². The molecule has 1 fully saturated rings. The van der Waals surface area contributed by atoms with Crippen LogP contribution in [-0.2, 0) is 14.8 Å². The number of nitrogens with one attached hydrogen (secondary N) is 1. The van der Waals surface area contributed by atoms with Crippen LogP contribution in [0.4, 0.5) is 0 Å². The highest BCUT2D eigenvalue weighted by Crippen LogP contribution is 2.21. The van der Waals surface area contributed by atoms with Crippen LogP contribution in [0.2, 0.25) is 0 Å². The summed E-state index contributed by atoms with van der Waals surface area (Å²) >= 11 is 0. The Morgan fingerprint density at radius 1 is 1.27 bits per heavy atom. The molecule has 0 unspecified atom stereocenters. The molecule has 8 nitrogen and oxygen atoms in total. The van der Waals surface area contributed by atoms with Crippen LogP contribution in [0.15, 0.2) is 35.5 Å². The number of hydrogen-bond donors (Lipinski definition) is 1. The minimum absolute atomic E-state index is 0.212. The van der Waals surface area contributed by atoms with E-state index in [1.807, 2.05) is 23.9 Å². The summed E-state index contributed by atoms with van der Waals surface area (Å²) in [5.74, 6) is -0.212. The van der Waals surface area contributed by atoms with Crippen LogP contribution in [0, 0.1) is 13.8 Å². The van der Waals surface area contributed by atoms with Crippen LogP contribution in [0.1, 0.15) is 30.0 Å². The molecule has 1 saturated heterocycles. The van der Waals surface area contributed by atoms with Gasteiger partial charge in [0.15, 0.2) is 0 Å². The SMILES string of the molecule is Cc1ccc(C)c(S(=O)(=O)NCC(=O)N2CCC(n3ccnn3)CC2)c1. The van der Waals surface area contributed by atoms with Crippen LogP contribution < -0.4 is 4.72 Å². The number of carbonyl (C=O) groups excluding carboxylic acids is 1. The molecule has 1 amide bonds. The number of piperidine rings is 1. The van der Waals surface area contributed by atoms with Gasteiger partial charge in [0.05, 0.1) is 23.7 Å². The van der Waals surface area contributed by atoms with Crippen molar-refractivity contribution in [3.63, 3.8) is 0 Å². The van der Waals surface area contributed by atoms with Crippen LogP contribution in [0.5, 0.6) is 0 Å². The Morgan fingerprint density at radius 3 is 2.65 bits per heavy atom. The van der Waals surface area contributed by atoms with Crippen LogP contribution >= 0.6 is 0 Å². The molecule has 2 heterocycles. The van der Waals surface area contributed by atoms with Crippen molar-refractivity contribution in [2.45, 2.75) is 37.6 Å². The standard InChI is InChI=1S/C17H23N5O3S/c1-13-3-4-14(2)16(11-13)26(24,25)19-12-17(23)21-8-5-15(6-9-21)22-10-7-18-20-22/h3-4,7,10-11,15,19H,5-6,8-9,12H2,1-2H3. The fraction of sp³-hybridized carbons (Fsp3) is 0.471. The Labute approximate surface area is 153 Å². The van der Waals surface area contributed by atoms with Gasteiger partial charge in [-0.1, -0.05) is 17.3 Å². The van der Waals surface area contributed by atoms with E-state index in [0.717, 1.165) is 18.4 Å². The minimum atomic E-state index is -3.71. The summed E-state index contributed by atoms with van der Waals surface area (Å²) in [4.78, 5) is 14.3. The van der Waals surface area contributed by atoms with Crippen molar-refractivity contribution in [1.29, 1.82) is 0 Å². The lowest BCUT2D eigenvalue weighted by atomic mass is 10.1. The van der Waals surface area contributed by atoms with Crippen molar-refractivity contribution >= 4 is 15.9 Å². The average molecular weight is 377 g/mol. The number of carbonyl (C=O) groups is 1. The highest BCUT2D eigenvalue weighted by Gasteiger charge is 2.25. The molecule has 9 heteroatoms. The summed E-state index contributed by atoms with van der Waals surface area (Å²) in [7, 11) is -3.71. The zero-order chi connectivity index (χ0) is 18.7. The number of rotatable bonds is 5. The van der Waals surface area contributed by atoms with Crippen molar-refractivity contribution in [2.75, 3.05) is 19.6 Å². The van der Waals surface area contributed by atoms with Crippen molar-refractivity contribution in [3.05, 3.63) is 41.7 Å². The summed E-state index contributed by atoms with van der Waals surface area (Å²) in [6.07, 6.45) is 5.01. The molecule has 2 aromatic rings. The molecule has 1 aromatic heterocycles. The fourth-order valence-corrected chi connectivity index (χ4v) is 4.44. The molecule has 0 aliphatic carbocycles. The molecule has 1 aromatic carbocycles. The van der Waals surface area contributed by atoms with Gasteiger partial charge < -0.3 is 4.90 Å². The summed E-state index contributed by atoms with van der Waals surface area (Å²) in [6, 6.07) is 5.47. The summed E-state index contributed by atoms with van der Waals surface area (Å²) < 4.78 is 29.2. The van der Waals surface area contributed by atoms with Gasteiger partial charge in [0.1, 0.15) is 0 Å². The Balaban J connectivity index is 1.56. The number of aryl methyl sites for hydroxylation is 2. The molecule has 1 aliphatic rings. The zero-order valence-electron chi connectivity index (χ0n) is 14.9. The van der Waals surface area contributed by atoms with E-state index in [9.17, 15) is 13.2 Å². The van der Waals surface area contributed by atoms with E-state index in [4.69, 9.17) is 0 Å². The monoisotopic (exact) mass is 377 g/mol. The third-order valence-electron chi connectivity index (χ3n) is 4.68. The quantitative estimate of drug-likeness (QED) is 0.840. The van der Waals surface area contributed by atoms with E-state index >= 15 is 0 Å². The van der Waals surface area contributed by atoms with E-state index in [1.54, 1.807) is 30.2 Å². The number of likely N-dealkylation sites (tertiary alicyclic amines) is 1. The molecule has 0 bridgehead atoms. The highest BCUT2D eigenvalue weighted by molar-refractivity contribution is 7.89. The molecule has 3 rings (SSSR count). The van der Waals surface area contributed by atoms with Crippen LogP contribution in [0.3, 0.4) is 0 Å². The van der Waals surface area contributed by atoms with E-state index < -0.39 is 10.0 Å². The average Bonchev–Trinajstić information content (AvgIpc) is 3.16. The Kier molecular flexibility index (Phi) is 5.38. The van der Waals surface area contributed by atoms with Crippen molar-refractivity contribution < 1.29 is 13.2 Å². The Morgan fingerprint density at radius 2 is 2.00 bits per heavy atom. The Hall–Kier alpha value is -2.26. The topological polar surface area (TPSA) is 97.2 Å². The van der Waals surface area contributed by atoms with E-state index in [1.165, 1.54) is 0 Å². The van der Waals surface area contributed by atoms with Gasteiger partial charge in [0.2, 0.25) is 15.9 Å². The molecule has 26 heavy (non-hydrogen) atoms. The van der Waals surface area contributed by atoms with Crippen LogP contribution in [0.25, 0.3) is 0 Å². The maximum atomic E-state index is 12.5. The van der Waals surface area contributed by atoms with Crippen LogP contribution in [-0.4, -0.2) is 53.9 Å². The fourth-order valence-electron chi connectivity index (χ4n) is 3.14. The van der Waals surface area contributed by atoms with Crippen molar-refractivity contribution in [1.82, 2.24) is 24.6 Å². The number of hydrogen-bond acceptors (Lipinski definition) is 5. The van der Waals surface area contributed by atoms with E-state index in [-0.39, 0.29) is 23.4 Å². The van der Waals surface area contributed by atoms with Gasteiger partial charge in [0.25, 0.3) is 0 Å². The predicted molar refractivity (Wildman–Crippen MR) is 96.0 cm³/mol. The van der Waals surface area contributed by atoms with Gasteiger partial charge in [-0.05, 0) is 43.9 Å². The molecule has 0 atom stereocenters. The molecule has 140 valence electrons. The first-order chi connectivity index (χ1) is 12.4. The number of benzene rings is 1. The maximum absolute atomic E-state index is 12.5.